The van der Waals surface area contributed by atoms with Crippen molar-refractivity contribution in [2.75, 3.05) is 19.1 Å². The summed E-state index contributed by atoms with van der Waals surface area (Å²) in [4.78, 5) is 26.6. The Morgan fingerprint density at radius 2 is 1.85 bits per heavy atom. The van der Waals surface area contributed by atoms with Crippen LogP contribution in [0, 0.1) is 0 Å². The van der Waals surface area contributed by atoms with E-state index in [0.717, 1.165) is 23.2 Å². The van der Waals surface area contributed by atoms with Gasteiger partial charge in [-0.25, -0.2) is 0 Å². The molecule has 1 atom stereocenters. The molecule has 0 saturated carbocycles. The van der Waals surface area contributed by atoms with Gasteiger partial charge in [0.25, 0.3) is 0 Å². The number of para-hydroxylation sites is 1. The zero-order valence-electron chi connectivity index (χ0n) is 15.1. The van der Waals surface area contributed by atoms with E-state index in [-0.39, 0.29) is 12.6 Å². The third-order valence-corrected chi connectivity index (χ3v) is 4.52. The van der Waals surface area contributed by atoms with Crippen molar-refractivity contribution in [3.05, 3.63) is 53.6 Å². The maximum absolute atomic E-state index is 12.6. The lowest BCUT2D eigenvalue weighted by Gasteiger charge is -2.22. The molecule has 2 amide bonds. The number of methoxy groups -OCH3 is 2. The minimum Gasteiger partial charge on any atom is -0.493 e. The molecule has 0 radical (unpaired) electrons. The van der Waals surface area contributed by atoms with Gasteiger partial charge in [0.05, 0.1) is 14.2 Å². The number of anilines is 1. The van der Waals surface area contributed by atoms with Gasteiger partial charge in [-0.05, 0) is 42.7 Å². The molecule has 0 aromatic heterocycles. The minimum absolute atomic E-state index is 0.0354. The van der Waals surface area contributed by atoms with Crippen molar-refractivity contribution >= 4 is 17.5 Å². The van der Waals surface area contributed by atoms with Crippen LogP contribution in [0.5, 0.6) is 11.5 Å². The summed E-state index contributed by atoms with van der Waals surface area (Å²) in [6.07, 6.45) is 0.755. The van der Waals surface area contributed by atoms with E-state index in [0.29, 0.717) is 11.5 Å². The van der Waals surface area contributed by atoms with Gasteiger partial charge in [0.1, 0.15) is 0 Å². The highest BCUT2D eigenvalue weighted by atomic mass is 16.5. The van der Waals surface area contributed by atoms with Crippen LogP contribution in [0.25, 0.3) is 0 Å². The van der Waals surface area contributed by atoms with Gasteiger partial charge in [-0.3, -0.25) is 9.59 Å². The van der Waals surface area contributed by atoms with Crippen LogP contribution < -0.4 is 19.7 Å². The Kier molecular flexibility index (Phi) is 5.11. The molecule has 26 heavy (non-hydrogen) atoms. The van der Waals surface area contributed by atoms with E-state index in [4.69, 9.17) is 9.47 Å². The van der Waals surface area contributed by atoms with E-state index < -0.39 is 11.8 Å². The first-order valence-corrected chi connectivity index (χ1v) is 8.45. The van der Waals surface area contributed by atoms with Crippen LogP contribution in [0.2, 0.25) is 0 Å². The molecule has 2 aromatic carbocycles. The lowest BCUT2D eigenvalue weighted by Crippen LogP contribution is -2.45. The van der Waals surface area contributed by atoms with Gasteiger partial charge in [0, 0.05) is 18.3 Å². The minimum atomic E-state index is -0.622. The number of rotatable bonds is 4. The number of hydrogen-bond donors (Lipinski definition) is 1. The van der Waals surface area contributed by atoms with E-state index in [1.54, 1.807) is 31.3 Å². The summed E-state index contributed by atoms with van der Waals surface area (Å²) in [6.45, 7) is 2.17. The lowest BCUT2D eigenvalue weighted by molar-refractivity contribution is -0.137. The zero-order chi connectivity index (χ0) is 18.7. The van der Waals surface area contributed by atoms with Crippen molar-refractivity contribution in [3.8, 4) is 11.5 Å². The number of hydrogen-bond acceptors (Lipinski definition) is 4. The molecule has 6 nitrogen and oxygen atoms in total. The van der Waals surface area contributed by atoms with Gasteiger partial charge >= 0.3 is 11.8 Å². The number of ether oxygens (including phenoxy) is 2. The van der Waals surface area contributed by atoms with E-state index in [1.807, 2.05) is 37.3 Å². The second-order valence-corrected chi connectivity index (χ2v) is 6.23. The number of carbonyl (C=O) groups is 2. The molecular weight excluding hydrogens is 332 g/mol. The normalized spacial score (nSPS) is 15.3. The van der Waals surface area contributed by atoms with E-state index >= 15 is 0 Å². The maximum atomic E-state index is 12.6. The lowest BCUT2D eigenvalue weighted by atomic mass is 10.1. The first-order chi connectivity index (χ1) is 12.5. The second kappa shape index (κ2) is 7.47. The molecule has 3 rings (SSSR count). The van der Waals surface area contributed by atoms with Crippen molar-refractivity contribution in [1.29, 1.82) is 0 Å². The highest BCUT2D eigenvalue weighted by Gasteiger charge is 2.33. The van der Waals surface area contributed by atoms with Gasteiger partial charge in [0.2, 0.25) is 0 Å². The van der Waals surface area contributed by atoms with Crippen molar-refractivity contribution < 1.29 is 19.1 Å². The second-order valence-electron chi connectivity index (χ2n) is 6.23. The number of nitrogens with one attached hydrogen (secondary N) is 1. The van der Waals surface area contributed by atoms with Gasteiger partial charge in [-0.2, -0.15) is 0 Å². The van der Waals surface area contributed by atoms with Crippen LogP contribution >= 0.6 is 0 Å². The Hall–Kier alpha value is -3.02. The highest BCUT2D eigenvalue weighted by Crippen LogP contribution is 2.32. The molecule has 0 bridgehead atoms. The van der Waals surface area contributed by atoms with Gasteiger partial charge in [0.15, 0.2) is 11.5 Å². The number of benzene rings is 2. The van der Waals surface area contributed by atoms with Crippen LogP contribution in [0.15, 0.2) is 42.5 Å². The third kappa shape index (κ3) is 3.35. The van der Waals surface area contributed by atoms with Crippen molar-refractivity contribution in [3.63, 3.8) is 0 Å². The number of carbonyl (C=O) groups excluding carboxylic acids is 2. The van der Waals surface area contributed by atoms with E-state index in [2.05, 4.69) is 5.32 Å². The first-order valence-electron chi connectivity index (χ1n) is 8.45. The molecule has 0 spiro atoms. The summed E-state index contributed by atoms with van der Waals surface area (Å²) in [7, 11) is 3.11. The molecule has 1 heterocycles. The molecule has 6 heteroatoms. The average molecular weight is 354 g/mol. The monoisotopic (exact) mass is 354 g/mol. The first kappa shape index (κ1) is 17.8. The number of nitrogens with zero attached hydrogens (tertiary/aromatic N) is 1. The Morgan fingerprint density at radius 1 is 1.12 bits per heavy atom. The summed E-state index contributed by atoms with van der Waals surface area (Å²) in [5.74, 6) is 0.0279. The highest BCUT2D eigenvalue weighted by molar-refractivity contribution is 6.40. The summed E-state index contributed by atoms with van der Waals surface area (Å²) in [5.41, 5.74) is 2.71. The molecule has 0 aliphatic carbocycles. The Balaban J connectivity index is 1.68. The summed E-state index contributed by atoms with van der Waals surface area (Å²) in [5, 5.41) is 2.69. The van der Waals surface area contributed by atoms with Crippen LogP contribution in [0.1, 0.15) is 18.1 Å². The van der Waals surface area contributed by atoms with Gasteiger partial charge < -0.3 is 19.7 Å². The molecule has 2 aromatic rings. The Morgan fingerprint density at radius 3 is 2.58 bits per heavy atom. The largest absolute Gasteiger partial charge is 0.493 e. The average Bonchev–Trinajstić information content (AvgIpc) is 3.00. The number of fused-ring (bicyclic) bond motifs is 1. The number of amides is 2. The predicted molar refractivity (Wildman–Crippen MR) is 98.5 cm³/mol. The molecule has 1 aliphatic rings. The standard InChI is InChI=1S/C20H22N2O4/c1-13-10-15-6-4-5-7-16(15)22(13)20(24)19(23)21-12-14-8-9-17(25-2)18(11-14)26-3/h4-9,11,13H,10,12H2,1-3H3,(H,21,23). The summed E-state index contributed by atoms with van der Waals surface area (Å²) >= 11 is 0. The molecule has 1 N–H and O–H groups in total. The molecule has 0 saturated heterocycles. The van der Waals surface area contributed by atoms with Crippen LogP contribution in [0.4, 0.5) is 5.69 Å². The van der Waals surface area contributed by atoms with E-state index in [9.17, 15) is 9.59 Å². The van der Waals surface area contributed by atoms with Crippen LogP contribution in [-0.4, -0.2) is 32.1 Å². The smallest absolute Gasteiger partial charge is 0.316 e. The topological polar surface area (TPSA) is 67.9 Å². The van der Waals surface area contributed by atoms with Crippen LogP contribution in [-0.2, 0) is 22.6 Å². The molecule has 136 valence electrons. The molecular formula is C20H22N2O4. The van der Waals surface area contributed by atoms with Crippen LogP contribution in [0.3, 0.4) is 0 Å². The fraction of sp³-hybridized carbons (Fsp3) is 0.300. The van der Waals surface area contributed by atoms with Crippen molar-refractivity contribution in [2.24, 2.45) is 0 Å². The molecule has 1 unspecified atom stereocenters. The fourth-order valence-corrected chi connectivity index (χ4v) is 3.23. The zero-order valence-corrected chi connectivity index (χ0v) is 15.1. The van der Waals surface area contributed by atoms with E-state index in [1.165, 1.54) is 0 Å². The Bertz CT molecular complexity index is 834. The van der Waals surface area contributed by atoms with Crippen molar-refractivity contribution in [2.45, 2.75) is 25.9 Å². The molecule has 1 aliphatic heterocycles. The maximum Gasteiger partial charge on any atom is 0.316 e. The predicted octanol–water partition coefficient (Wildman–Crippen LogP) is 2.30. The molecule has 0 fully saturated rings. The Labute approximate surface area is 152 Å². The quantitative estimate of drug-likeness (QED) is 0.856. The van der Waals surface area contributed by atoms with Gasteiger partial charge in [-0.15, -0.1) is 0 Å². The fourth-order valence-electron chi connectivity index (χ4n) is 3.23. The third-order valence-electron chi connectivity index (χ3n) is 4.52. The van der Waals surface area contributed by atoms with Gasteiger partial charge in [-0.1, -0.05) is 24.3 Å². The summed E-state index contributed by atoms with van der Waals surface area (Å²) in [6, 6.07) is 13.0. The summed E-state index contributed by atoms with van der Waals surface area (Å²) < 4.78 is 10.4. The van der Waals surface area contributed by atoms with Crippen molar-refractivity contribution in [1.82, 2.24) is 5.32 Å². The SMILES string of the molecule is COc1ccc(CNC(=O)C(=O)N2c3ccccc3CC2C)cc1OC.